The van der Waals surface area contributed by atoms with E-state index >= 15 is 0 Å². The molecule has 0 saturated heterocycles. The van der Waals surface area contributed by atoms with Gasteiger partial charge >= 0.3 is 0 Å². The number of aryl methyl sites for hydroxylation is 1. The van der Waals surface area contributed by atoms with Crippen molar-refractivity contribution in [2.45, 2.75) is 31.7 Å². The number of amides is 1. The number of primary amides is 1. The molecule has 2 aromatic rings. The lowest BCUT2D eigenvalue weighted by atomic mass is 9.96. The van der Waals surface area contributed by atoms with Crippen LogP contribution in [0.2, 0.25) is 0 Å². The van der Waals surface area contributed by atoms with E-state index in [1.807, 2.05) is 49.4 Å². The van der Waals surface area contributed by atoms with Crippen LogP contribution in [0.25, 0.3) is 0 Å². The maximum atomic E-state index is 12.0. The van der Waals surface area contributed by atoms with Gasteiger partial charge in [0.25, 0.3) is 0 Å². The van der Waals surface area contributed by atoms with E-state index in [-0.39, 0.29) is 5.91 Å². The molecule has 0 aromatic heterocycles. The standard InChI is InChI=1S/C18H20N2O/c1-12-6-2-5-9-16(12)20-17(18(19)21)15-8-4-3-7-14(15)13-10-11-13/h2-9,13,17,20H,10-11H2,1H3,(H2,19,21). The Morgan fingerprint density at radius 3 is 2.48 bits per heavy atom. The van der Waals surface area contributed by atoms with E-state index in [1.165, 1.54) is 18.4 Å². The zero-order valence-electron chi connectivity index (χ0n) is 12.2. The number of hydrogen-bond acceptors (Lipinski definition) is 2. The van der Waals surface area contributed by atoms with Crippen LogP contribution in [-0.4, -0.2) is 5.91 Å². The van der Waals surface area contributed by atoms with Crippen LogP contribution in [0, 0.1) is 6.92 Å². The number of nitrogens with two attached hydrogens (primary N) is 1. The molecule has 108 valence electrons. The minimum absolute atomic E-state index is 0.341. The molecule has 0 spiro atoms. The van der Waals surface area contributed by atoms with Crippen LogP contribution in [0.1, 0.15) is 41.5 Å². The molecule has 0 heterocycles. The highest BCUT2D eigenvalue weighted by Crippen LogP contribution is 2.43. The average Bonchev–Trinajstić information content (AvgIpc) is 3.31. The molecular weight excluding hydrogens is 260 g/mol. The van der Waals surface area contributed by atoms with Crippen LogP contribution < -0.4 is 11.1 Å². The Bertz CT molecular complexity index is 662. The molecule has 21 heavy (non-hydrogen) atoms. The van der Waals surface area contributed by atoms with Crippen molar-refractivity contribution in [3.05, 3.63) is 65.2 Å². The summed E-state index contributed by atoms with van der Waals surface area (Å²) in [5, 5.41) is 3.31. The third kappa shape index (κ3) is 2.92. The lowest BCUT2D eigenvalue weighted by molar-refractivity contribution is -0.118. The molecule has 1 aliphatic carbocycles. The van der Waals surface area contributed by atoms with E-state index in [9.17, 15) is 4.79 Å². The predicted octanol–water partition coefficient (Wildman–Crippen LogP) is 3.51. The molecule has 3 N–H and O–H groups in total. The topological polar surface area (TPSA) is 55.1 Å². The lowest BCUT2D eigenvalue weighted by Gasteiger charge is -2.21. The van der Waals surface area contributed by atoms with Crippen molar-refractivity contribution in [2.75, 3.05) is 5.32 Å². The van der Waals surface area contributed by atoms with E-state index in [2.05, 4.69) is 11.4 Å². The van der Waals surface area contributed by atoms with E-state index in [1.54, 1.807) is 0 Å². The van der Waals surface area contributed by atoms with Crippen LogP contribution >= 0.6 is 0 Å². The molecule has 0 radical (unpaired) electrons. The first-order valence-corrected chi connectivity index (χ1v) is 7.37. The average molecular weight is 280 g/mol. The van der Waals surface area contributed by atoms with Gasteiger partial charge in [-0.1, -0.05) is 42.5 Å². The second-order valence-electron chi connectivity index (χ2n) is 5.70. The molecule has 3 heteroatoms. The number of anilines is 1. The van der Waals surface area contributed by atoms with Gasteiger partial charge in [-0.3, -0.25) is 4.79 Å². The highest BCUT2D eigenvalue weighted by atomic mass is 16.1. The molecule has 3 nitrogen and oxygen atoms in total. The van der Waals surface area contributed by atoms with Crippen molar-refractivity contribution in [3.8, 4) is 0 Å². The Morgan fingerprint density at radius 2 is 1.81 bits per heavy atom. The minimum atomic E-state index is -0.483. The number of carbonyl (C=O) groups excluding carboxylic acids is 1. The molecule has 2 aromatic carbocycles. The molecule has 0 aliphatic heterocycles. The highest BCUT2D eigenvalue weighted by molar-refractivity contribution is 5.85. The van der Waals surface area contributed by atoms with E-state index in [0.717, 1.165) is 16.8 Å². The van der Waals surface area contributed by atoms with Crippen LogP contribution in [0.3, 0.4) is 0 Å². The molecular formula is C18H20N2O. The largest absolute Gasteiger partial charge is 0.370 e. The van der Waals surface area contributed by atoms with Gasteiger partial charge in [0.2, 0.25) is 5.91 Å². The molecule has 1 atom stereocenters. The third-order valence-electron chi connectivity index (χ3n) is 4.05. The van der Waals surface area contributed by atoms with Crippen molar-refractivity contribution in [1.29, 1.82) is 0 Å². The Labute approximate surface area is 125 Å². The summed E-state index contributed by atoms with van der Waals surface area (Å²) in [5.41, 5.74) is 9.97. The summed E-state index contributed by atoms with van der Waals surface area (Å²) in [6.07, 6.45) is 2.40. The van der Waals surface area contributed by atoms with Crippen molar-refractivity contribution in [2.24, 2.45) is 5.73 Å². The van der Waals surface area contributed by atoms with Crippen molar-refractivity contribution < 1.29 is 4.79 Å². The van der Waals surface area contributed by atoms with Crippen molar-refractivity contribution in [1.82, 2.24) is 0 Å². The number of para-hydroxylation sites is 1. The number of hydrogen-bond donors (Lipinski definition) is 2. The number of benzene rings is 2. The second-order valence-corrected chi connectivity index (χ2v) is 5.70. The summed E-state index contributed by atoms with van der Waals surface area (Å²) < 4.78 is 0. The van der Waals surface area contributed by atoms with Crippen molar-refractivity contribution >= 4 is 11.6 Å². The van der Waals surface area contributed by atoms with E-state index in [0.29, 0.717) is 5.92 Å². The fourth-order valence-electron chi connectivity index (χ4n) is 2.73. The third-order valence-corrected chi connectivity index (χ3v) is 4.05. The van der Waals surface area contributed by atoms with Crippen LogP contribution in [-0.2, 0) is 4.79 Å². The molecule has 1 saturated carbocycles. The fourth-order valence-corrected chi connectivity index (χ4v) is 2.73. The van der Waals surface area contributed by atoms with Crippen LogP contribution in [0.5, 0.6) is 0 Å². The highest BCUT2D eigenvalue weighted by Gasteiger charge is 2.30. The van der Waals surface area contributed by atoms with Gasteiger partial charge in [-0.2, -0.15) is 0 Å². The Hall–Kier alpha value is -2.29. The molecule has 1 fully saturated rings. The van der Waals surface area contributed by atoms with Gasteiger partial charge in [0.1, 0.15) is 6.04 Å². The normalized spacial score (nSPS) is 15.5. The summed E-state index contributed by atoms with van der Waals surface area (Å²) in [6.45, 7) is 2.02. The van der Waals surface area contributed by atoms with Crippen molar-refractivity contribution in [3.63, 3.8) is 0 Å². The SMILES string of the molecule is Cc1ccccc1NC(C(N)=O)c1ccccc1C1CC1. The molecule has 1 amide bonds. The summed E-state index contributed by atoms with van der Waals surface area (Å²) in [7, 11) is 0. The van der Waals surface area contributed by atoms with Gasteiger partial charge in [-0.15, -0.1) is 0 Å². The maximum Gasteiger partial charge on any atom is 0.244 e. The number of nitrogens with one attached hydrogen (secondary N) is 1. The zero-order valence-corrected chi connectivity index (χ0v) is 12.2. The lowest BCUT2D eigenvalue weighted by Crippen LogP contribution is -2.28. The maximum absolute atomic E-state index is 12.0. The molecule has 1 unspecified atom stereocenters. The number of carbonyl (C=O) groups is 1. The van der Waals surface area contributed by atoms with E-state index < -0.39 is 6.04 Å². The molecule has 0 bridgehead atoms. The first kappa shape index (κ1) is 13.7. The quantitative estimate of drug-likeness (QED) is 0.880. The van der Waals surface area contributed by atoms with Gasteiger partial charge in [0.15, 0.2) is 0 Å². The summed E-state index contributed by atoms with van der Waals surface area (Å²) >= 11 is 0. The summed E-state index contributed by atoms with van der Waals surface area (Å²) in [6, 6.07) is 15.6. The fraction of sp³-hybridized carbons (Fsp3) is 0.278. The predicted molar refractivity (Wildman–Crippen MR) is 85.2 cm³/mol. The minimum Gasteiger partial charge on any atom is -0.370 e. The zero-order chi connectivity index (χ0) is 14.8. The van der Waals surface area contributed by atoms with Gasteiger partial charge in [-0.25, -0.2) is 0 Å². The van der Waals surface area contributed by atoms with E-state index in [4.69, 9.17) is 5.73 Å². The Kier molecular flexibility index (Phi) is 3.65. The monoisotopic (exact) mass is 280 g/mol. The molecule has 1 aliphatic rings. The van der Waals surface area contributed by atoms with Crippen LogP contribution in [0.15, 0.2) is 48.5 Å². The van der Waals surface area contributed by atoms with Gasteiger partial charge < -0.3 is 11.1 Å². The Balaban J connectivity index is 1.96. The smallest absolute Gasteiger partial charge is 0.244 e. The first-order chi connectivity index (χ1) is 10.2. The summed E-state index contributed by atoms with van der Waals surface area (Å²) in [4.78, 5) is 12.0. The Morgan fingerprint density at radius 1 is 1.14 bits per heavy atom. The van der Waals surface area contributed by atoms with Crippen LogP contribution in [0.4, 0.5) is 5.69 Å². The first-order valence-electron chi connectivity index (χ1n) is 7.37. The summed E-state index contributed by atoms with van der Waals surface area (Å²) in [5.74, 6) is 0.244. The van der Waals surface area contributed by atoms with Gasteiger partial charge in [-0.05, 0) is 48.4 Å². The van der Waals surface area contributed by atoms with Gasteiger partial charge in [0.05, 0.1) is 0 Å². The molecule has 3 rings (SSSR count). The second kappa shape index (κ2) is 5.60. The van der Waals surface area contributed by atoms with Gasteiger partial charge in [0, 0.05) is 5.69 Å². The number of rotatable bonds is 5.